The molecular weight excluding hydrogens is 510 g/mol. The Morgan fingerprint density at radius 3 is 1.79 bits per heavy atom. The monoisotopic (exact) mass is 558 g/mol. The molecule has 1 aliphatic heterocycles. The van der Waals surface area contributed by atoms with Gasteiger partial charge in [0.05, 0.1) is 54.1 Å². The van der Waals surface area contributed by atoms with E-state index in [1.54, 1.807) is 11.9 Å². The van der Waals surface area contributed by atoms with Crippen LogP contribution in [-0.2, 0) is 14.4 Å². The third kappa shape index (κ3) is 37.4. The first-order valence-corrected chi connectivity index (χ1v) is 11.2. The van der Waals surface area contributed by atoms with Gasteiger partial charge in [-0.1, -0.05) is 0 Å². The van der Waals surface area contributed by atoms with Gasteiger partial charge in [0, 0.05) is 13.6 Å². The number of guanidine groups is 2. The van der Waals surface area contributed by atoms with Crippen molar-refractivity contribution in [3.63, 3.8) is 0 Å². The number of rotatable bonds is 10. The first kappa shape index (κ1) is 42.0. The van der Waals surface area contributed by atoms with E-state index in [0.29, 0.717) is 25.9 Å². The number of nitrogens with one attached hydrogen (secondary N) is 2. The van der Waals surface area contributed by atoms with Gasteiger partial charge in [-0.25, -0.2) is 0 Å². The predicted octanol–water partition coefficient (Wildman–Crippen LogP) is -5.52. The highest BCUT2D eigenvalue weighted by molar-refractivity contribution is 6.02. The van der Waals surface area contributed by atoms with Crippen LogP contribution in [0.1, 0.15) is 12.8 Å². The van der Waals surface area contributed by atoms with E-state index in [0.717, 1.165) is 11.0 Å². The third-order valence-corrected chi connectivity index (χ3v) is 3.67. The molecule has 0 saturated carbocycles. The fourth-order valence-corrected chi connectivity index (χ4v) is 1.56. The first-order valence-electron chi connectivity index (χ1n) is 11.2. The van der Waals surface area contributed by atoms with E-state index in [4.69, 9.17) is 53.2 Å². The number of aliphatic hydroxyl groups excluding tert-OH is 4. The number of amides is 1. The van der Waals surface area contributed by atoms with Crippen molar-refractivity contribution in [2.24, 2.45) is 27.9 Å². The summed E-state index contributed by atoms with van der Waals surface area (Å²) >= 11 is 0. The van der Waals surface area contributed by atoms with E-state index in [1.165, 1.54) is 0 Å². The molecule has 0 aromatic carbocycles. The summed E-state index contributed by atoms with van der Waals surface area (Å²) < 4.78 is 0.844. The number of aliphatic imine (C=N–C) groups is 1. The van der Waals surface area contributed by atoms with Gasteiger partial charge < -0.3 is 63.0 Å². The molecule has 0 aliphatic carbocycles. The molecule has 1 amide bonds. The topological polar surface area (TPSA) is 328 Å². The van der Waals surface area contributed by atoms with Gasteiger partial charge in [-0.15, -0.1) is 0 Å². The Hall–Kier alpha value is -3.13. The standard InChI is InChI=1S/C6H14N4O2.C5H14NO.C4H7N3O.C3H8O3.C2H5NO2/c7-4(5(11)12)2-1-3-10-6(8)9;1-6(2,3)4-5-7;1-7-2-3(8)6-4(7)5;4-1-3(6)2-5;3-1-2(4)5/h4H,1-3,7H2,(H,11,12)(H4,8,9,10);7H,4-5H2,1-3H3;2H2,1H3,(H2,5,6,8);3-6H,1-2H2;1,3H2,(H,4,5)/q;+1;;;. The lowest BCUT2D eigenvalue weighted by atomic mass is 10.2. The second kappa shape index (κ2) is 25.5. The average molecular weight is 559 g/mol. The van der Waals surface area contributed by atoms with Crippen molar-refractivity contribution in [3.8, 4) is 0 Å². The van der Waals surface area contributed by atoms with E-state index in [9.17, 15) is 14.4 Å². The molecule has 16 N–H and O–H groups in total. The molecule has 0 aromatic heterocycles. The maximum Gasteiger partial charge on any atom is 0.320 e. The summed E-state index contributed by atoms with van der Waals surface area (Å²) in [5, 5.41) is 57.7. The molecule has 1 heterocycles. The van der Waals surface area contributed by atoms with Crippen LogP contribution in [0.5, 0.6) is 0 Å². The van der Waals surface area contributed by atoms with Crippen molar-refractivity contribution < 1.29 is 49.5 Å². The molecular formula is C20H48N9O9+. The number of carboxylic acids is 2. The molecule has 18 nitrogen and oxygen atoms in total. The van der Waals surface area contributed by atoms with Gasteiger partial charge in [0.2, 0.25) is 5.91 Å². The number of quaternary nitrogens is 1. The summed E-state index contributed by atoms with van der Waals surface area (Å²) in [5.41, 5.74) is 19.9. The Morgan fingerprint density at radius 2 is 1.63 bits per heavy atom. The molecule has 1 fully saturated rings. The number of carboxylic acid groups (broad SMARTS) is 2. The first-order chi connectivity index (χ1) is 17.4. The maximum atomic E-state index is 10.4. The van der Waals surface area contributed by atoms with Crippen molar-refractivity contribution in [2.45, 2.75) is 25.0 Å². The summed E-state index contributed by atoms with van der Waals surface area (Å²) in [6.45, 7) is 0.846. The van der Waals surface area contributed by atoms with Crippen LogP contribution in [0.15, 0.2) is 4.99 Å². The smallest absolute Gasteiger partial charge is 0.320 e. The Balaban J connectivity index is -0.000000197. The number of carbonyl (C=O) groups excluding carboxylic acids is 1. The van der Waals surface area contributed by atoms with Crippen molar-refractivity contribution >= 4 is 29.8 Å². The molecule has 1 unspecified atom stereocenters. The number of nitrogens with zero attached hydrogens (tertiary/aromatic N) is 3. The van der Waals surface area contributed by atoms with E-state index in [-0.39, 0.29) is 44.2 Å². The molecule has 18 heteroatoms. The second-order valence-corrected chi connectivity index (χ2v) is 8.50. The highest BCUT2D eigenvalue weighted by Gasteiger charge is 2.18. The van der Waals surface area contributed by atoms with Crippen LogP contribution in [-0.4, -0.2) is 156 Å². The highest BCUT2D eigenvalue weighted by Crippen LogP contribution is 1.94. The van der Waals surface area contributed by atoms with Crippen molar-refractivity contribution in [1.82, 2.24) is 10.2 Å². The zero-order valence-corrected chi connectivity index (χ0v) is 22.6. The lowest BCUT2D eigenvalue weighted by molar-refractivity contribution is -0.870. The normalized spacial score (nSPS) is 12.7. The van der Waals surface area contributed by atoms with E-state index in [2.05, 4.69) is 37.2 Å². The summed E-state index contributed by atoms with van der Waals surface area (Å²) in [6, 6.07) is -0.820. The van der Waals surface area contributed by atoms with E-state index >= 15 is 0 Å². The molecule has 1 atom stereocenters. The molecule has 226 valence electrons. The average Bonchev–Trinajstić information content (AvgIpc) is 3.11. The molecule has 0 bridgehead atoms. The summed E-state index contributed by atoms with van der Waals surface area (Å²) in [5.74, 6) is -1.86. The van der Waals surface area contributed by atoms with Crippen LogP contribution in [0.4, 0.5) is 0 Å². The molecule has 1 aliphatic rings. The number of hydrogen-bond acceptors (Lipinski definition) is 11. The van der Waals surface area contributed by atoms with Gasteiger partial charge in [0.15, 0.2) is 11.9 Å². The second-order valence-electron chi connectivity index (χ2n) is 8.50. The SMILES string of the molecule is CN1CC(=O)NC1=N.C[N+](C)(C)CCO.NC(N)=NCCCC(N)C(=O)O.NCC(=O)O.OCC(O)CO. The third-order valence-electron chi connectivity index (χ3n) is 3.67. The molecule has 0 aromatic rings. The molecule has 0 radical (unpaired) electrons. The lowest BCUT2D eigenvalue weighted by Gasteiger charge is -2.21. The Morgan fingerprint density at radius 1 is 1.16 bits per heavy atom. The zero-order chi connectivity index (χ0) is 30.9. The van der Waals surface area contributed by atoms with Crippen LogP contribution in [0.2, 0.25) is 0 Å². The van der Waals surface area contributed by atoms with E-state index in [1.807, 2.05) is 0 Å². The number of aliphatic carboxylic acids is 2. The maximum absolute atomic E-state index is 10.4. The summed E-state index contributed by atoms with van der Waals surface area (Å²) in [7, 11) is 7.85. The van der Waals surface area contributed by atoms with Crippen LogP contribution >= 0.6 is 0 Å². The zero-order valence-electron chi connectivity index (χ0n) is 22.6. The number of carbonyl (C=O) groups is 3. The fourth-order valence-electron chi connectivity index (χ4n) is 1.56. The molecule has 0 spiro atoms. The minimum absolute atomic E-state index is 0.0129. The Kier molecular flexibility index (Phi) is 28.2. The number of aliphatic hydroxyl groups is 4. The van der Waals surface area contributed by atoms with Crippen LogP contribution in [0.25, 0.3) is 0 Å². The van der Waals surface area contributed by atoms with Gasteiger partial charge in [0.25, 0.3) is 0 Å². The summed E-state index contributed by atoms with van der Waals surface area (Å²) in [6.07, 6.45) is 0.00213. The van der Waals surface area contributed by atoms with Gasteiger partial charge in [0.1, 0.15) is 18.7 Å². The Labute approximate surface area is 222 Å². The summed E-state index contributed by atoms with van der Waals surface area (Å²) in [4.78, 5) is 35.1. The minimum Gasteiger partial charge on any atom is -0.480 e. The van der Waals surface area contributed by atoms with Crippen molar-refractivity contribution in [2.75, 3.05) is 74.2 Å². The van der Waals surface area contributed by atoms with Gasteiger partial charge >= 0.3 is 11.9 Å². The molecule has 1 saturated heterocycles. The van der Waals surface area contributed by atoms with Crippen LogP contribution < -0.4 is 28.3 Å². The highest BCUT2D eigenvalue weighted by atomic mass is 16.4. The van der Waals surface area contributed by atoms with Gasteiger partial charge in [-0.2, -0.15) is 0 Å². The van der Waals surface area contributed by atoms with Crippen LogP contribution in [0, 0.1) is 5.41 Å². The Bertz CT molecular complexity index is 681. The number of nitrogens with two attached hydrogens (primary N) is 4. The van der Waals surface area contributed by atoms with E-state index < -0.39 is 24.1 Å². The lowest BCUT2D eigenvalue weighted by Crippen LogP contribution is -2.36. The van der Waals surface area contributed by atoms with Crippen molar-refractivity contribution in [3.05, 3.63) is 0 Å². The van der Waals surface area contributed by atoms with Crippen LogP contribution in [0.3, 0.4) is 0 Å². The minimum atomic E-state index is -1.00. The fraction of sp³-hybridized carbons (Fsp3) is 0.750. The van der Waals surface area contributed by atoms with Gasteiger partial charge in [-0.3, -0.25) is 30.1 Å². The van der Waals surface area contributed by atoms with Gasteiger partial charge in [-0.05, 0) is 12.8 Å². The molecule has 38 heavy (non-hydrogen) atoms. The van der Waals surface area contributed by atoms with Crippen molar-refractivity contribution in [1.29, 1.82) is 5.41 Å². The molecule has 1 rings (SSSR count). The quantitative estimate of drug-likeness (QED) is 0.0515. The number of likely N-dealkylation sites (N-methyl/N-ethyl adjacent to an activating group) is 2. The predicted molar refractivity (Wildman–Crippen MR) is 141 cm³/mol. The largest absolute Gasteiger partial charge is 0.480 e. The number of hydrogen-bond donors (Lipinski definition) is 12.